The predicted molar refractivity (Wildman–Crippen MR) is 70.5 cm³/mol. The van der Waals surface area contributed by atoms with E-state index in [1.54, 1.807) is 0 Å². The lowest BCUT2D eigenvalue weighted by Gasteiger charge is -2.28. The highest BCUT2D eigenvalue weighted by Crippen LogP contribution is 2.18. The minimum atomic E-state index is -3.03. The average Bonchev–Trinajstić information content (AvgIpc) is 2.66. The van der Waals surface area contributed by atoms with E-state index in [4.69, 9.17) is 12.2 Å². The molecule has 2 N–H and O–H groups in total. The molecule has 0 saturated carbocycles. The first-order chi connectivity index (χ1) is 8.41. The maximum atomic E-state index is 12.1. The number of nitrogens with two attached hydrogens (primary N) is 1. The number of carbonyl (C=O) groups is 1. The van der Waals surface area contributed by atoms with E-state index in [1.165, 1.54) is 4.90 Å². The first-order valence-electron chi connectivity index (χ1n) is 6.11. The molecule has 1 aliphatic rings. The summed E-state index contributed by atoms with van der Waals surface area (Å²) in [7, 11) is -3.03. The van der Waals surface area contributed by atoms with Crippen molar-refractivity contribution in [2.24, 2.45) is 5.73 Å². The molecule has 0 aromatic carbocycles. The zero-order valence-corrected chi connectivity index (χ0v) is 11.4. The zero-order chi connectivity index (χ0) is 13.8. The third kappa shape index (κ3) is 3.72. The lowest BCUT2D eigenvalue weighted by Crippen LogP contribution is -2.49. The van der Waals surface area contributed by atoms with Crippen molar-refractivity contribution in [3.05, 3.63) is 0 Å². The van der Waals surface area contributed by atoms with E-state index in [9.17, 15) is 13.2 Å². The molecule has 1 aliphatic heterocycles. The number of nitrogens with zero attached hydrogens (tertiary/aromatic N) is 1. The van der Waals surface area contributed by atoms with Gasteiger partial charge in [-0.1, -0.05) is 19.3 Å². The molecule has 0 aromatic rings. The fourth-order valence-corrected chi connectivity index (χ4v) is 3.88. The van der Waals surface area contributed by atoms with E-state index in [0.717, 1.165) is 6.42 Å². The van der Waals surface area contributed by atoms with Gasteiger partial charge in [-0.3, -0.25) is 4.79 Å². The largest absolute Gasteiger partial charge is 0.326 e. The molecular formula is C12H20N2O3S. The van der Waals surface area contributed by atoms with E-state index in [0.29, 0.717) is 12.8 Å². The lowest BCUT2D eigenvalue weighted by atomic mass is 10.1. The number of rotatable bonds is 5. The van der Waals surface area contributed by atoms with E-state index >= 15 is 0 Å². The number of terminal acetylenes is 1. The monoisotopic (exact) mass is 272 g/mol. The summed E-state index contributed by atoms with van der Waals surface area (Å²) in [6, 6.07) is -0.909. The van der Waals surface area contributed by atoms with Gasteiger partial charge in [-0.15, -0.1) is 6.42 Å². The van der Waals surface area contributed by atoms with Crippen LogP contribution in [0.2, 0.25) is 0 Å². The van der Waals surface area contributed by atoms with Gasteiger partial charge in [0.2, 0.25) is 5.91 Å². The van der Waals surface area contributed by atoms with Crippen molar-refractivity contribution in [3.63, 3.8) is 0 Å². The third-order valence-corrected chi connectivity index (χ3v) is 4.86. The van der Waals surface area contributed by atoms with Gasteiger partial charge in [-0.2, -0.15) is 0 Å². The Morgan fingerprint density at radius 1 is 1.61 bits per heavy atom. The molecule has 1 heterocycles. The Labute approximate surface area is 109 Å². The zero-order valence-electron chi connectivity index (χ0n) is 10.6. The number of hydrogen-bond acceptors (Lipinski definition) is 4. The second kappa shape index (κ2) is 6.21. The second-order valence-corrected chi connectivity index (χ2v) is 6.85. The molecule has 102 valence electrons. The van der Waals surface area contributed by atoms with Crippen LogP contribution >= 0.6 is 0 Å². The van der Waals surface area contributed by atoms with Crippen LogP contribution in [0.5, 0.6) is 0 Å². The van der Waals surface area contributed by atoms with Crippen molar-refractivity contribution in [2.45, 2.75) is 38.3 Å². The van der Waals surface area contributed by atoms with Gasteiger partial charge in [0.15, 0.2) is 9.84 Å². The Morgan fingerprint density at radius 3 is 2.72 bits per heavy atom. The summed E-state index contributed by atoms with van der Waals surface area (Å²) in [5.41, 5.74) is 5.78. The minimum absolute atomic E-state index is 0.000729. The molecule has 1 fully saturated rings. The van der Waals surface area contributed by atoms with Gasteiger partial charge in [0.1, 0.15) is 0 Å². The van der Waals surface area contributed by atoms with Crippen molar-refractivity contribution >= 4 is 15.7 Å². The normalized spacial score (nSPS) is 23.3. The third-order valence-electron chi connectivity index (χ3n) is 3.11. The van der Waals surface area contributed by atoms with Crippen molar-refractivity contribution in [3.8, 4) is 12.3 Å². The number of hydrogen-bond donors (Lipinski definition) is 1. The van der Waals surface area contributed by atoms with Crippen molar-refractivity contribution < 1.29 is 13.2 Å². The maximum absolute atomic E-state index is 12.1. The molecule has 1 saturated heterocycles. The van der Waals surface area contributed by atoms with Crippen LogP contribution in [-0.2, 0) is 14.6 Å². The maximum Gasteiger partial charge on any atom is 0.240 e. The van der Waals surface area contributed by atoms with Gasteiger partial charge in [0.05, 0.1) is 24.1 Å². The molecule has 0 bridgehead atoms. The highest BCUT2D eigenvalue weighted by molar-refractivity contribution is 7.91. The highest BCUT2D eigenvalue weighted by Gasteiger charge is 2.35. The molecule has 0 radical (unpaired) electrons. The van der Waals surface area contributed by atoms with Crippen LogP contribution in [-0.4, -0.2) is 49.4 Å². The van der Waals surface area contributed by atoms with Crippen LogP contribution in [0.1, 0.15) is 26.2 Å². The van der Waals surface area contributed by atoms with E-state index < -0.39 is 15.9 Å². The second-order valence-electron chi connectivity index (χ2n) is 4.62. The summed E-state index contributed by atoms with van der Waals surface area (Å²) >= 11 is 0. The topological polar surface area (TPSA) is 80.5 Å². The van der Waals surface area contributed by atoms with Gasteiger partial charge in [0.25, 0.3) is 0 Å². The van der Waals surface area contributed by atoms with Crippen LogP contribution in [0.3, 0.4) is 0 Å². The Balaban J connectivity index is 2.77. The highest BCUT2D eigenvalue weighted by atomic mass is 32.2. The van der Waals surface area contributed by atoms with Gasteiger partial charge < -0.3 is 10.6 Å². The smallest absolute Gasteiger partial charge is 0.240 e. The van der Waals surface area contributed by atoms with Crippen LogP contribution in [0.25, 0.3) is 0 Å². The summed E-state index contributed by atoms with van der Waals surface area (Å²) < 4.78 is 22.9. The van der Waals surface area contributed by atoms with E-state index in [2.05, 4.69) is 5.92 Å². The summed E-state index contributed by atoms with van der Waals surface area (Å²) in [6.07, 6.45) is 7.08. The van der Waals surface area contributed by atoms with Crippen LogP contribution in [0.4, 0.5) is 0 Å². The summed E-state index contributed by atoms with van der Waals surface area (Å²) in [5.74, 6) is 2.29. The molecule has 0 aromatic heterocycles. The Kier molecular flexibility index (Phi) is 5.17. The fraction of sp³-hybridized carbons (Fsp3) is 0.750. The van der Waals surface area contributed by atoms with Gasteiger partial charge in [-0.25, -0.2) is 8.42 Å². The van der Waals surface area contributed by atoms with Crippen LogP contribution < -0.4 is 5.73 Å². The molecular weight excluding hydrogens is 252 g/mol. The van der Waals surface area contributed by atoms with Crippen molar-refractivity contribution in [2.75, 3.05) is 18.1 Å². The van der Waals surface area contributed by atoms with Gasteiger partial charge in [-0.05, 0) is 12.8 Å². The molecule has 1 rings (SSSR count). The van der Waals surface area contributed by atoms with E-state index in [-0.39, 0.29) is 30.0 Å². The first-order valence-corrected chi connectivity index (χ1v) is 7.93. The standard InChI is InChI=1S/C12H20N2O3S/c1-3-5-11(13)12(15)14(7-4-2)10-6-8-18(16,17)9-10/h2,10-11H,3,5-9,13H2,1H3. The summed E-state index contributed by atoms with van der Waals surface area (Å²) in [4.78, 5) is 13.6. The van der Waals surface area contributed by atoms with Crippen molar-refractivity contribution in [1.29, 1.82) is 0 Å². The Hall–Kier alpha value is -1.06. The molecule has 2 unspecified atom stereocenters. The molecule has 1 amide bonds. The van der Waals surface area contributed by atoms with Crippen molar-refractivity contribution in [1.82, 2.24) is 4.90 Å². The quantitative estimate of drug-likeness (QED) is 0.701. The number of carbonyl (C=O) groups excluding carboxylic acids is 1. The van der Waals surface area contributed by atoms with Gasteiger partial charge >= 0.3 is 0 Å². The number of amides is 1. The fourth-order valence-electron chi connectivity index (χ4n) is 2.15. The molecule has 0 aliphatic carbocycles. The summed E-state index contributed by atoms with van der Waals surface area (Å²) in [6.45, 7) is 2.06. The Bertz CT molecular complexity index is 439. The van der Waals surface area contributed by atoms with Crippen LogP contribution in [0, 0.1) is 12.3 Å². The Morgan fingerprint density at radius 2 is 2.28 bits per heavy atom. The van der Waals surface area contributed by atoms with E-state index in [1.807, 2.05) is 6.92 Å². The average molecular weight is 272 g/mol. The minimum Gasteiger partial charge on any atom is -0.326 e. The summed E-state index contributed by atoms with van der Waals surface area (Å²) in [5, 5.41) is 0. The molecule has 5 nitrogen and oxygen atoms in total. The molecule has 0 spiro atoms. The molecule has 18 heavy (non-hydrogen) atoms. The lowest BCUT2D eigenvalue weighted by molar-refractivity contribution is -0.133. The molecule has 6 heteroatoms. The SMILES string of the molecule is C#CCN(C(=O)C(N)CCC)C1CCS(=O)(=O)C1. The first kappa shape index (κ1) is 15.0. The van der Waals surface area contributed by atoms with Crippen LogP contribution in [0.15, 0.2) is 0 Å². The molecule has 2 atom stereocenters. The predicted octanol–water partition coefficient (Wildman–Crippen LogP) is -0.237. The number of sulfone groups is 1. The van der Waals surface area contributed by atoms with Gasteiger partial charge in [0, 0.05) is 6.04 Å².